The summed E-state index contributed by atoms with van der Waals surface area (Å²) in [7, 11) is 0. The smallest absolute Gasteiger partial charge is 0.306 e. The molecular formula is C53H92O6. The van der Waals surface area contributed by atoms with Crippen molar-refractivity contribution in [2.45, 2.75) is 245 Å². The number of ether oxygens (including phenoxy) is 3. The molecule has 0 aliphatic rings. The van der Waals surface area contributed by atoms with Crippen molar-refractivity contribution >= 4 is 17.9 Å². The van der Waals surface area contributed by atoms with Crippen LogP contribution in [0.15, 0.2) is 60.8 Å². The van der Waals surface area contributed by atoms with E-state index in [0.717, 1.165) is 83.5 Å². The Morgan fingerprint density at radius 3 is 1.20 bits per heavy atom. The van der Waals surface area contributed by atoms with Crippen LogP contribution in [0.1, 0.15) is 239 Å². The topological polar surface area (TPSA) is 78.9 Å². The van der Waals surface area contributed by atoms with Gasteiger partial charge in [0, 0.05) is 19.3 Å². The Labute approximate surface area is 364 Å². The highest BCUT2D eigenvalue weighted by atomic mass is 16.6. The molecule has 0 aliphatic carbocycles. The Hall–Kier alpha value is -2.89. The van der Waals surface area contributed by atoms with Gasteiger partial charge in [-0.1, -0.05) is 204 Å². The summed E-state index contributed by atoms with van der Waals surface area (Å²) < 4.78 is 16.7. The van der Waals surface area contributed by atoms with Crippen molar-refractivity contribution in [2.24, 2.45) is 0 Å². The third-order valence-electron chi connectivity index (χ3n) is 10.5. The average molecular weight is 825 g/mol. The monoisotopic (exact) mass is 825 g/mol. The highest BCUT2D eigenvalue weighted by Crippen LogP contribution is 2.15. The van der Waals surface area contributed by atoms with Crippen LogP contribution in [0.4, 0.5) is 0 Å². The molecule has 340 valence electrons. The number of rotatable bonds is 44. The summed E-state index contributed by atoms with van der Waals surface area (Å²) in [6.45, 7) is 6.45. The van der Waals surface area contributed by atoms with Gasteiger partial charge in [-0.25, -0.2) is 0 Å². The number of carbonyl (C=O) groups excluding carboxylic acids is 3. The fraction of sp³-hybridized carbons (Fsp3) is 0.755. The second-order valence-electron chi connectivity index (χ2n) is 16.4. The summed E-state index contributed by atoms with van der Waals surface area (Å²) in [5, 5.41) is 0. The van der Waals surface area contributed by atoms with Crippen molar-refractivity contribution in [2.75, 3.05) is 13.2 Å². The molecule has 0 aromatic rings. The van der Waals surface area contributed by atoms with Crippen LogP contribution in [0.25, 0.3) is 0 Å². The van der Waals surface area contributed by atoms with Crippen LogP contribution in [0.2, 0.25) is 0 Å². The van der Waals surface area contributed by atoms with Crippen molar-refractivity contribution in [1.29, 1.82) is 0 Å². The van der Waals surface area contributed by atoms with E-state index < -0.39 is 6.10 Å². The minimum absolute atomic E-state index is 0.0911. The molecule has 0 aromatic heterocycles. The van der Waals surface area contributed by atoms with Crippen LogP contribution in [-0.2, 0) is 28.6 Å². The fourth-order valence-corrected chi connectivity index (χ4v) is 6.80. The zero-order valence-electron chi connectivity index (χ0n) is 38.8. The molecule has 0 N–H and O–H groups in total. The van der Waals surface area contributed by atoms with Gasteiger partial charge in [0.1, 0.15) is 13.2 Å². The lowest BCUT2D eigenvalue weighted by Crippen LogP contribution is -2.30. The lowest BCUT2D eigenvalue weighted by atomic mass is 10.0. The predicted octanol–water partition coefficient (Wildman–Crippen LogP) is 16.1. The zero-order valence-corrected chi connectivity index (χ0v) is 38.8. The van der Waals surface area contributed by atoms with E-state index in [2.05, 4.69) is 81.5 Å². The van der Waals surface area contributed by atoms with Crippen LogP contribution < -0.4 is 0 Å². The van der Waals surface area contributed by atoms with E-state index in [4.69, 9.17) is 14.2 Å². The van der Waals surface area contributed by atoms with Gasteiger partial charge in [-0.15, -0.1) is 0 Å². The van der Waals surface area contributed by atoms with E-state index >= 15 is 0 Å². The first-order valence-electron chi connectivity index (χ1n) is 24.8. The van der Waals surface area contributed by atoms with Crippen LogP contribution in [0.5, 0.6) is 0 Å². The van der Waals surface area contributed by atoms with Crippen molar-refractivity contribution < 1.29 is 28.6 Å². The Bertz CT molecular complexity index is 1090. The van der Waals surface area contributed by atoms with Gasteiger partial charge in [0.25, 0.3) is 0 Å². The van der Waals surface area contributed by atoms with E-state index in [-0.39, 0.29) is 31.1 Å². The molecule has 0 saturated carbocycles. The third kappa shape index (κ3) is 46.0. The first-order chi connectivity index (χ1) is 29.0. The molecule has 6 heteroatoms. The zero-order chi connectivity index (χ0) is 43.0. The van der Waals surface area contributed by atoms with Crippen molar-refractivity contribution in [3.8, 4) is 0 Å². The Morgan fingerprint density at radius 2 is 0.712 bits per heavy atom. The maximum atomic E-state index is 12.8. The van der Waals surface area contributed by atoms with Gasteiger partial charge < -0.3 is 14.2 Å². The molecule has 0 spiro atoms. The summed E-state index contributed by atoms with van der Waals surface area (Å²) in [5.74, 6) is -0.939. The van der Waals surface area contributed by atoms with E-state index in [9.17, 15) is 14.4 Å². The largest absolute Gasteiger partial charge is 0.462 e. The molecule has 1 unspecified atom stereocenters. The van der Waals surface area contributed by atoms with Gasteiger partial charge in [-0.3, -0.25) is 14.4 Å². The third-order valence-corrected chi connectivity index (χ3v) is 10.5. The highest BCUT2D eigenvalue weighted by Gasteiger charge is 2.19. The normalized spacial score (nSPS) is 12.5. The number of carbonyl (C=O) groups is 3. The maximum Gasteiger partial charge on any atom is 0.306 e. The molecule has 0 saturated heterocycles. The maximum absolute atomic E-state index is 12.8. The van der Waals surface area contributed by atoms with Crippen LogP contribution in [-0.4, -0.2) is 37.2 Å². The van der Waals surface area contributed by atoms with E-state index in [1.807, 2.05) is 0 Å². The summed E-state index contributed by atoms with van der Waals surface area (Å²) in [6.07, 6.45) is 57.7. The van der Waals surface area contributed by atoms with Gasteiger partial charge in [0.2, 0.25) is 0 Å². The predicted molar refractivity (Wildman–Crippen MR) is 251 cm³/mol. The van der Waals surface area contributed by atoms with Crippen LogP contribution in [0.3, 0.4) is 0 Å². The molecule has 1 atom stereocenters. The highest BCUT2D eigenvalue weighted by molar-refractivity contribution is 5.71. The second-order valence-corrected chi connectivity index (χ2v) is 16.4. The number of hydrogen-bond acceptors (Lipinski definition) is 6. The fourth-order valence-electron chi connectivity index (χ4n) is 6.80. The molecule has 0 rings (SSSR count). The first-order valence-corrected chi connectivity index (χ1v) is 24.8. The molecular weight excluding hydrogens is 733 g/mol. The van der Waals surface area contributed by atoms with E-state index in [0.29, 0.717) is 19.3 Å². The van der Waals surface area contributed by atoms with Gasteiger partial charge in [-0.2, -0.15) is 0 Å². The standard InChI is InChI=1S/C53H92O6/c1-4-7-10-13-16-19-22-25-27-29-31-34-37-40-43-46-52(55)58-49-50(48-57-51(54)45-42-39-36-33-30-24-21-18-15-12-9-6-3)59-53(56)47-44-41-38-35-32-28-26-23-20-17-14-11-8-5-2/h9,12,16,18-19,21-22,25,30,33,50H,4-8,10-11,13-15,17,20,23-24,26-29,31-32,34-49H2,1-3H3/b12-9-,19-16-,21-18-,25-22-,33-30-. The molecule has 6 nitrogen and oxygen atoms in total. The lowest BCUT2D eigenvalue weighted by molar-refractivity contribution is -0.167. The van der Waals surface area contributed by atoms with Gasteiger partial charge >= 0.3 is 17.9 Å². The summed E-state index contributed by atoms with van der Waals surface area (Å²) >= 11 is 0. The summed E-state index contributed by atoms with van der Waals surface area (Å²) in [5.41, 5.74) is 0. The van der Waals surface area contributed by atoms with E-state index in [1.54, 1.807) is 0 Å². The Morgan fingerprint density at radius 1 is 0.373 bits per heavy atom. The van der Waals surface area contributed by atoms with E-state index in [1.165, 1.54) is 116 Å². The molecule has 59 heavy (non-hydrogen) atoms. The Kier molecular flexibility index (Phi) is 45.4. The van der Waals surface area contributed by atoms with Crippen LogP contribution >= 0.6 is 0 Å². The molecule has 0 fully saturated rings. The van der Waals surface area contributed by atoms with Gasteiger partial charge in [-0.05, 0) is 77.0 Å². The van der Waals surface area contributed by atoms with Crippen LogP contribution in [0, 0.1) is 0 Å². The van der Waals surface area contributed by atoms with Crippen molar-refractivity contribution in [3.63, 3.8) is 0 Å². The molecule has 0 bridgehead atoms. The minimum Gasteiger partial charge on any atom is -0.462 e. The van der Waals surface area contributed by atoms with Gasteiger partial charge in [0.05, 0.1) is 0 Å². The molecule has 0 amide bonds. The second kappa shape index (κ2) is 47.8. The lowest BCUT2D eigenvalue weighted by Gasteiger charge is -2.18. The number of hydrogen-bond donors (Lipinski definition) is 0. The summed E-state index contributed by atoms with van der Waals surface area (Å²) in [6, 6.07) is 0. The number of unbranched alkanes of at least 4 members (excludes halogenated alkanes) is 24. The summed E-state index contributed by atoms with van der Waals surface area (Å²) in [4.78, 5) is 37.9. The van der Waals surface area contributed by atoms with Gasteiger partial charge in [0.15, 0.2) is 6.10 Å². The van der Waals surface area contributed by atoms with Crippen molar-refractivity contribution in [3.05, 3.63) is 60.8 Å². The van der Waals surface area contributed by atoms with Crippen molar-refractivity contribution in [1.82, 2.24) is 0 Å². The molecule has 0 heterocycles. The number of allylic oxidation sites excluding steroid dienone is 10. The quantitative estimate of drug-likeness (QED) is 0.0200. The Balaban J connectivity index is 4.43. The molecule has 0 radical (unpaired) electrons. The SMILES string of the molecule is CC/C=C\C/C=C\C/C=C\CCCCC(=O)OCC(COC(=O)CCCCCCCC/C=C\C=C/CCCCC)OC(=O)CCCCCCCCCCCCCCCC. The number of esters is 3. The molecule has 0 aromatic carbocycles. The average Bonchev–Trinajstić information content (AvgIpc) is 3.23. The molecule has 0 aliphatic heterocycles. The minimum atomic E-state index is -0.791. The first kappa shape index (κ1) is 56.1.